The molecule has 0 spiro atoms. The Bertz CT molecular complexity index is 582. The van der Waals surface area contributed by atoms with Gasteiger partial charge in [0.05, 0.1) is 12.0 Å². The van der Waals surface area contributed by atoms with Crippen molar-refractivity contribution in [2.75, 3.05) is 6.54 Å². The summed E-state index contributed by atoms with van der Waals surface area (Å²) < 4.78 is 5.55. The fourth-order valence-electron chi connectivity index (χ4n) is 3.02. The molecule has 1 amide bonds. The van der Waals surface area contributed by atoms with Crippen LogP contribution in [0, 0.1) is 0 Å². The third kappa shape index (κ3) is 3.16. The molecule has 2 heterocycles. The summed E-state index contributed by atoms with van der Waals surface area (Å²) in [5, 5.41) is 3.03. The maximum absolute atomic E-state index is 12.4. The second-order valence-corrected chi connectivity index (χ2v) is 5.74. The monoisotopic (exact) mass is 298 g/mol. The largest absolute Gasteiger partial charge is 0.468 e. The lowest BCUT2D eigenvalue weighted by Crippen LogP contribution is -2.43. The summed E-state index contributed by atoms with van der Waals surface area (Å²) in [5.41, 5.74) is 2.30. The molecule has 1 saturated heterocycles. The van der Waals surface area contributed by atoms with Crippen molar-refractivity contribution in [2.45, 2.75) is 38.8 Å². The quantitative estimate of drug-likeness (QED) is 0.929. The third-order valence-corrected chi connectivity index (χ3v) is 4.25. The summed E-state index contributed by atoms with van der Waals surface area (Å²) in [6.45, 7) is 3.46. The zero-order valence-electron chi connectivity index (χ0n) is 12.9. The Balaban J connectivity index is 1.61. The lowest BCUT2D eigenvalue weighted by Gasteiger charge is -2.27. The standard InChI is InChI=1S/C18H22N2O2/c1-14(18(21)19-13-15-7-3-2-4-8-15)20-11-5-9-16(20)17-10-6-12-22-17/h2-4,6-8,12,14H,5,9-11,13H2,1H3,(H,19,21)/t14-/m0/s1. The zero-order chi connectivity index (χ0) is 15.4. The summed E-state index contributed by atoms with van der Waals surface area (Å²) in [6, 6.07) is 9.82. The summed E-state index contributed by atoms with van der Waals surface area (Å²) >= 11 is 0. The summed E-state index contributed by atoms with van der Waals surface area (Å²) in [6.07, 6.45) is 6.66. The number of hydrogen-bond donors (Lipinski definition) is 1. The van der Waals surface area contributed by atoms with Gasteiger partial charge in [-0.15, -0.1) is 0 Å². The Morgan fingerprint density at radius 3 is 2.91 bits per heavy atom. The topological polar surface area (TPSA) is 41.6 Å². The van der Waals surface area contributed by atoms with Crippen molar-refractivity contribution in [3.05, 3.63) is 59.7 Å². The number of benzene rings is 1. The van der Waals surface area contributed by atoms with E-state index in [-0.39, 0.29) is 11.9 Å². The molecule has 1 aromatic carbocycles. The summed E-state index contributed by atoms with van der Waals surface area (Å²) in [4.78, 5) is 14.6. The molecule has 1 N–H and O–H groups in total. The zero-order valence-corrected chi connectivity index (χ0v) is 12.9. The first-order valence-electron chi connectivity index (χ1n) is 7.87. The minimum atomic E-state index is -0.169. The number of hydrogen-bond acceptors (Lipinski definition) is 3. The number of nitrogens with one attached hydrogen (secondary N) is 1. The molecule has 1 fully saturated rings. The minimum Gasteiger partial charge on any atom is -0.468 e. The summed E-state index contributed by atoms with van der Waals surface area (Å²) in [7, 11) is 0. The van der Waals surface area contributed by atoms with Crippen molar-refractivity contribution in [1.29, 1.82) is 0 Å². The second kappa shape index (κ2) is 6.69. The molecule has 3 rings (SSSR count). The van der Waals surface area contributed by atoms with Crippen LogP contribution in [0.25, 0.3) is 0 Å². The molecule has 0 saturated carbocycles. The van der Waals surface area contributed by atoms with Crippen LogP contribution in [0.2, 0.25) is 0 Å². The Kier molecular flexibility index (Phi) is 4.47. The molecule has 1 atom stereocenters. The smallest absolute Gasteiger partial charge is 0.242 e. The average Bonchev–Trinajstić information content (AvgIpc) is 3.23. The van der Waals surface area contributed by atoms with E-state index < -0.39 is 0 Å². The Morgan fingerprint density at radius 2 is 2.18 bits per heavy atom. The van der Waals surface area contributed by atoms with E-state index in [0.717, 1.165) is 37.1 Å². The van der Waals surface area contributed by atoms with Crippen LogP contribution in [0.5, 0.6) is 0 Å². The van der Waals surface area contributed by atoms with Crippen molar-refractivity contribution in [3.8, 4) is 0 Å². The first-order chi connectivity index (χ1) is 10.8. The molecule has 0 aromatic heterocycles. The molecule has 4 heteroatoms. The van der Waals surface area contributed by atoms with E-state index in [1.54, 1.807) is 6.26 Å². The molecule has 0 unspecified atom stereocenters. The molecule has 0 bridgehead atoms. The highest BCUT2D eigenvalue weighted by Crippen LogP contribution is 2.30. The van der Waals surface area contributed by atoms with Gasteiger partial charge in [-0.1, -0.05) is 30.3 Å². The van der Waals surface area contributed by atoms with Gasteiger partial charge in [-0.05, 0) is 31.4 Å². The van der Waals surface area contributed by atoms with Gasteiger partial charge in [-0.3, -0.25) is 4.79 Å². The van der Waals surface area contributed by atoms with Gasteiger partial charge in [0.25, 0.3) is 0 Å². The second-order valence-electron chi connectivity index (χ2n) is 5.74. The van der Waals surface area contributed by atoms with Crippen LogP contribution in [0.4, 0.5) is 0 Å². The van der Waals surface area contributed by atoms with E-state index in [0.29, 0.717) is 6.54 Å². The number of amides is 1. The molecule has 1 aromatic rings. The fraction of sp³-hybridized carbons (Fsp3) is 0.389. The maximum Gasteiger partial charge on any atom is 0.242 e. The van der Waals surface area contributed by atoms with Crippen LogP contribution in [0.3, 0.4) is 0 Å². The van der Waals surface area contributed by atoms with Crippen molar-refractivity contribution in [2.24, 2.45) is 0 Å². The van der Waals surface area contributed by atoms with Gasteiger partial charge >= 0.3 is 0 Å². The highest BCUT2D eigenvalue weighted by Gasteiger charge is 2.29. The van der Waals surface area contributed by atoms with Gasteiger partial charge in [-0.25, -0.2) is 0 Å². The highest BCUT2D eigenvalue weighted by molar-refractivity contribution is 5.81. The minimum absolute atomic E-state index is 0.0646. The van der Waals surface area contributed by atoms with Crippen LogP contribution >= 0.6 is 0 Å². The van der Waals surface area contributed by atoms with Crippen molar-refractivity contribution >= 4 is 5.91 Å². The Morgan fingerprint density at radius 1 is 1.36 bits per heavy atom. The lowest BCUT2D eigenvalue weighted by atomic mass is 10.2. The predicted molar refractivity (Wildman–Crippen MR) is 85.6 cm³/mol. The number of rotatable bonds is 4. The molecular formula is C18H22N2O2. The van der Waals surface area contributed by atoms with Crippen LogP contribution < -0.4 is 5.32 Å². The van der Waals surface area contributed by atoms with Crippen LogP contribution in [0.15, 0.2) is 54.1 Å². The number of nitrogens with zero attached hydrogens (tertiary/aromatic N) is 1. The van der Waals surface area contributed by atoms with Crippen molar-refractivity contribution in [1.82, 2.24) is 10.2 Å². The van der Waals surface area contributed by atoms with Gasteiger partial charge < -0.3 is 15.0 Å². The lowest BCUT2D eigenvalue weighted by molar-refractivity contribution is -0.125. The van der Waals surface area contributed by atoms with E-state index in [1.807, 2.05) is 43.3 Å². The number of carbonyl (C=O) groups is 1. The van der Waals surface area contributed by atoms with E-state index in [1.165, 1.54) is 5.70 Å². The SMILES string of the molecule is C[C@@H](C(=O)NCc1ccccc1)N1CCCC1=C1CC=CO1. The molecule has 0 aliphatic carbocycles. The third-order valence-electron chi connectivity index (χ3n) is 4.25. The molecule has 116 valence electrons. The highest BCUT2D eigenvalue weighted by atomic mass is 16.5. The molecule has 0 radical (unpaired) electrons. The number of likely N-dealkylation sites (tertiary alicyclic amines) is 1. The molecule has 22 heavy (non-hydrogen) atoms. The average molecular weight is 298 g/mol. The normalized spacial score (nSPS) is 21.8. The van der Waals surface area contributed by atoms with Gasteiger partial charge in [0.2, 0.25) is 5.91 Å². The van der Waals surface area contributed by atoms with E-state index in [4.69, 9.17) is 4.74 Å². The number of carbonyl (C=O) groups excluding carboxylic acids is 1. The summed E-state index contributed by atoms with van der Waals surface area (Å²) in [5.74, 6) is 1.06. The van der Waals surface area contributed by atoms with Gasteiger partial charge in [0.15, 0.2) is 0 Å². The van der Waals surface area contributed by atoms with Crippen LogP contribution in [-0.4, -0.2) is 23.4 Å². The van der Waals surface area contributed by atoms with Crippen LogP contribution in [0.1, 0.15) is 31.7 Å². The van der Waals surface area contributed by atoms with E-state index >= 15 is 0 Å². The predicted octanol–water partition coefficient (Wildman–Crippen LogP) is 2.93. The van der Waals surface area contributed by atoms with Crippen molar-refractivity contribution < 1.29 is 9.53 Å². The molecule has 4 nitrogen and oxygen atoms in total. The maximum atomic E-state index is 12.4. The Labute approximate surface area is 131 Å². The first-order valence-corrected chi connectivity index (χ1v) is 7.87. The van der Waals surface area contributed by atoms with E-state index in [2.05, 4.69) is 10.2 Å². The van der Waals surface area contributed by atoms with Gasteiger partial charge in [-0.2, -0.15) is 0 Å². The van der Waals surface area contributed by atoms with Gasteiger partial charge in [0, 0.05) is 19.5 Å². The van der Waals surface area contributed by atoms with Gasteiger partial charge in [0.1, 0.15) is 11.8 Å². The number of ether oxygens (including phenoxy) is 1. The van der Waals surface area contributed by atoms with Crippen LogP contribution in [-0.2, 0) is 16.1 Å². The Hall–Kier alpha value is -2.23. The van der Waals surface area contributed by atoms with E-state index in [9.17, 15) is 4.79 Å². The molecular weight excluding hydrogens is 276 g/mol. The molecule has 2 aliphatic heterocycles. The van der Waals surface area contributed by atoms with Crippen molar-refractivity contribution in [3.63, 3.8) is 0 Å². The molecule has 2 aliphatic rings. The fourth-order valence-corrected chi connectivity index (χ4v) is 3.02. The number of allylic oxidation sites excluding steroid dienone is 2. The first kappa shape index (κ1) is 14.7.